The van der Waals surface area contributed by atoms with E-state index in [1.165, 1.54) is 0 Å². The molecule has 0 spiro atoms. The molecule has 0 aliphatic carbocycles. The first-order chi connectivity index (χ1) is 8.58. The molecule has 98 valence electrons. The van der Waals surface area contributed by atoms with Crippen LogP contribution >= 0.6 is 11.6 Å². The standard InChI is InChI=1S/C12H16ClN3O2/c1-2-3-10(11(14)16-18)15-12(17)8-4-6-9(13)7-5-8/h4-7,10,18H,2-3H2,1H3,(H2,14,16)(H,15,17). The van der Waals surface area contributed by atoms with Crippen LogP contribution in [-0.2, 0) is 0 Å². The van der Waals surface area contributed by atoms with Gasteiger partial charge >= 0.3 is 0 Å². The van der Waals surface area contributed by atoms with Gasteiger partial charge in [0.2, 0.25) is 0 Å². The first-order valence-electron chi connectivity index (χ1n) is 5.62. The van der Waals surface area contributed by atoms with Gasteiger partial charge in [-0.05, 0) is 30.7 Å². The Bertz CT molecular complexity index is 431. The van der Waals surface area contributed by atoms with E-state index >= 15 is 0 Å². The minimum absolute atomic E-state index is 0.000775. The van der Waals surface area contributed by atoms with E-state index < -0.39 is 6.04 Å². The van der Waals surface area contributed by atoms with Gasteiger partial charge in [-0.15, -0.1) is 0 Å². The van der Waals surface area contributed by atoms with Crippen molar-refractivity contribution in [2.45, 2.75) is 25.8 Å². The van der Waals surface area contributed by atoms with Crippen LogP contribution in [0.25, 0.3) is 0 Å². The molecule has 1 rings (SSSR count). The fourth-order valence-electron chi connectivity index (χ4n) is 1.50. The molecule has 1 aromatic carbocycles. The van der Waals surface area contributed by atoms with E-state index in [9.17, 15) is 4.79 Å². The molecule has 0 aromatic heterocycles. The van der Waals surface area contributed by atoms with Crippen LogP contribution in [0.4, 0.5) is 0 Å². The highest BCUT2D eigenvalue weighted by Crippen LogP contribution is 2.10. The predicted molar refractivity (Wildman–Crippen MR) is 71.0 cm³/mol. The summed E-state index contributed by atoms with van der Waals surface area (Å²) in [4.78, 5) is 11.9. The summed E-state index contributed by atoms with van der Waals surface area (Å²) in [5.74, 6) is -0.282. The number of carbonyl (C=O) groups excluding carboxylic acids is 1. The normalized spacial score (nSPS) is 13.1. The molecule has 1 aromatic rings. The van der Waals surface area contributed by atoms with Crippen LogP contribution in [0.3, 0.4) is 0 Å². The lowest BCUT2D eigenvalue weighted by Crippen LogP contribution is -2.44. The number of amidine groups is 1. The van der Waals surface area contributed by atoms with Crippen molar-refractivity contribution < 1.29 is 10.0 Å². The molecule has 0 heterocycles. The van der Waals surface area contributed by atoms with Crippen LogP contribution in [0.15, 0.2) is 29.4 Å². The van der Waals surface area contributed by atoms with Crippen LogP contribution < -0.4 is 11.1 Å². The van der Waals surface area contributed by atoms with Gasteiger partial charge in [0.15, 0.2) is 5.84 Å². The lowest BCUT2D eigenvalue weighted by Gasteiger charge is -2.16. The molecule has 1 atom stereocenters. The maximum absolute atomic E-state index is 11.9. The second-order valence-corrected chi connectivity index (χ2v) is 4.28. The molecule has 1 unspecified atom stereocenters. The highest BCUT2D eigenvalue weighted by atomic mass is 35.5. The maximum Gasteiger partial charge on any atom is 0.251 e. The van der Waals surface area contributed by atoms with Gasteiger partial charge in [-0.3, -0.25) is 4.79 Å². The number of carbonyl (C=O) groups is 1. The van der Waals surface area contributed by atoms with Gasteiger partial charge in [-0.25, -0.2) is 0 Å². The molecule has 0 bridgehead atoms. The largest absolute Gasteiger partial charge is 0.409 e. The van der Waals surface area contributed by atoms with Crippen LogP contribution in [0.5, 0.6) is 0 Å². The van der Waals surface area contributed by atoms with Gasteiger partial charge in [0.05, 0.1) is 6.04 Å². The molecule has 0 radical (unpaired) electrons. The van der Waals surface area contributed by atoms with Crippen LogP contribution in [0, 0.1) is 0 Å². The monoisotopic (exact) mass is 269 g/mol. The van der Waals surface area contributed by atoms with E-state index in [4.69, 9.17) is 22.5 Å². The molecule has 0 saturated carbocycles. The van der Waals surface area contributed by atoms with Crippen molar-refractivity contribution in [3.63, 3.8) is 0 Å². The van der Waals surface area contributed by atoms with Crippen molar-refractivity contribution >= 4 is 23.3 Å². The van der Waals surface area contributed by atoms with Gasteiger partial charge < -0.3 is 16.3 Å². The molecule has 18 heavy (non-hydrogen) atoms. The van der Waals surface area contributed by atoms with E-state index in [-0.39, 0.29) is 11.7 Å². The maximum atomic E-state index is 11.9. The highest BCUT2D eigenvalue weighted by Gasteiger charge is 2.16. The summed E-state index contributed by atoms with van der Waals surface area (Å²) in [6, 6.07) is 6.03. The van der Waals surface area contributed by atoms with Crippen LogP contribution in [-0.4, -0.2) is 23.0 Å². The van der Waals surface area contributed by atoms with Gasteiger partial charge in [-0.1, -0.05) is 30.1 Å². The number of nitrogens with zero attached hydrogens (tertiary/aromatic N) is 1. The number of benzene rings is 1. The van der Waals surface area contributed by atoms with Gasteiger partial charge in [0.1, 0.15) is 0 Å². The summed E-state index contributed by atoms with van der Waals surface area (Å²) in [5.41, 5.74) is 6.00. The quantitative estimate of drug-likeness (QED) is 0.331. The van der Waals surface area contributed by atoms with E-state index in [1.54, 1.807) is 24.3 Å². The summed E-state index contributed by atoms with van der Waals surface area (Å²) < 4.78 is 0. The summed E-state index contributed by atoms with van der Waals surface area (Å²) in [5, 5.41) is 14.8. The molecule has 0 saturated heterocycles. The summed E-state index contributed by atoms with van der Waals surface area (Å²) in [6.07, 6.45) is 1.41. The van der Waals surface area contributed by atoms with E-state index in [0.717, 1.165) is 6.42 Å². The van der Waals surface area contributed by atoms with Crippen molar-refractivity contribution in [1.82, 2.24) is 5.32 Å². The van der Waals surface area contributed by atoms with E-state index in [0.29, 0.717) is 17.0 Å². The van der Waals surface area contributed by atoms with Crippen LogP contribution in [0.2, 0.25) is 5.02 Å². The third-order valence-corrected chi connectivity index (χ3v) is 2.71. The third kappa shape index (κ3) is 3.92. The molecule has 5 nitrogen and oxygen atoms in total. The predicted octanol–water partition coefficient (Wildman–Crippen LogP) is 1.98. The number of hydrogen-bond donors (Lipinski definition) is 3. The second-order valence-electron chi connectivity index (χ2n) is 3.85. The van der Waals surface area contributed by atoms with Crippen molar-refractivity contribution in [3.05, 3.63) is 34.9 Å². The van der Waals surface area contributed by atoms with Crippen molar-refractivity contribution in [2.75, 3.05) is 0 Å². The Morgan fingerprint density at radius 3 is 2.61 bits per heavy atom. The number of halogens is 1. The zero-order valence-electron chi connectivity index (χ0n) is 10.1. The molecular weight excluding hydrogens is 254 g/mol. The Balaban J connectivity index is 2.75. The fourth-order valence-corrected chi connectivity index (χ4v) is 1.62. The van der Waals surface area contributed by atoms with Gasteiger partial charge in [-0.2, -0.15) is 0 Å². The molecule has 1 amide bonds. The molecule has 0 fully saturated rings. The van der Waals surface area contributed by atoms with Crippen molar-refractivity contribution in [2.24, 2.45) is 10.9 Å². The Morgan fingerprint density at radius 1 is 1.50 bits per heavy atom. The zero-order valence-corrected chi connectivity index (χ0v) is 10.8. The third-order valence-electron chi connectivity index (χ3n) is 2.46. The highest BCUT2D eigenvalue weighted by molar-refractivity contribution is 6.30. The van der Waals surface area contributed by atoms with Crippen molar-refractivity contribution in [3.8, 4) is 0 Å². The SMILES string of the molecule is CCCC(NC(=O)c1ccc(Cl)cc1)/C(N)=N/O. The van der Waals surface area contributed by atoms with Crippen molar-refractivity contribution in [1.29, 1.82) is 0 Å². The number of rotatable bonds is 5. The number of hydrogen-bond acceptors (Lipinski definition) is 3. The summed E-state index contributed by atoms with van der Waals surface area (Å²) in [7, 11) is 0. The van der Waals surface area contributed by atoms with E-state index in [1.807, 2.05) is 6.92 Å². The summed E-state index contributed by atoms with van der Waals surface area (Å²) in [6.45, 7) is 1.95. The molecular formula is C12H16ClN3O2. The molecule has 4 N–H and O–H groups in total. The second kappa shape index (κ2) is 6.86. The lowest BCUT2D eigenvalue weighted by molar-refractivity contribution is 0.0945. The Labute approximate surface area is 111 Å². The summed E-state index contributed by atoms with van der Waals surface area (Å²) >= 11 is 5.74. The minimum Gasteiger partial charge on any atom is -0.409 e. The minimum atomic E-state index is -0.469. The lowest BCUT2D eigenvalue weighted by atomic mass is 10.1. The average molecular weight is 270 g/mol. The number of nitrogens with one attached hydrogen (secondary N) is 1. The Kier molecular flexibility index (Phi) is 5.45. The van der Waals surface area contributed by atoms with Gasteiger partial charge in [0, 0.05) is 10.6 Å². The number of amides is 1. The molecule has 6 heteroatoms. The first-order valence-corrected chi connectivity index (χ1v) is 6.00. The Morgan fingerprint density at radius 2 is 2.11 bits per heavy atom. The molecule has 0 aliphatic rings. The van der Waals surface area contributed by atoms with Gasteiger partial charge in [0.25, 0.3) is 5.91 Å². The number of oxime groups is 1. The molecule has 0 aliphatic heterocycles. The van der Waals surface area contributed by atoms with Crippen LogP contribution in [0.1, 0.15) is 30.1 Å². The zero-order chi connectivity index (χ0) is 13.5. The smallest absolute Gasteiger partial charge is 0.251 e. The number of nitrogens with two attached hydrogens (primary N) is 1. The first kappa shape index (κ1) is 14.3. The topological polar surface area (TPSA) is 87.7 Å². The average Bonchev–Trinajstić information content (AvgIpc) is 2.38. The Hall–Kier alpha value is -1.75. The fraction of sp³-hybridized carbons (Fsp3) is 0.333. The van der Waals surface area contributed by atoms with E-state index in [2.05, 4.69) is 10.5 Å².